The van der Waals surface area contributed by atoms with E-state index in [1.54, 1.807) is 0 Å². The van der Waals surface area contributed by atoms with Crippen LogP contribution >= 0.6 is 0 Å². The molecule has 2 aromatic carbocycles. The first-order chi connectivity index (χ1) is 18.9. The molecule has 2 saturated heterocycles. The number of aryl methyl sites for hydroxylation is 2. The Bertz CT molecular complexity index is 1240. The van der Waals surface area contributed by atoms with E-state index in [9.17, 15) is 10.1 Å². The molecule has 0 aromatic heterocycles. The Morgan fingerprint density at radius 3 is 2.48 bits per heavy atom. The first-order valence-electron chi connectivity index (χ1n) is 14.9. The van der Waals surface area contributed by atoms with Crippen LogP contribution in [-0.2, 0) is 10.8 Å². The molecule has 0 aliphatic carbocycles. The van der Waals surface area contributed by atoms with E-state index in [0.717, 1.165) is 67.8 Å². The van der Waals surface area contributed by atoms with Crippen molar-refractivity contribution in [3.8, 4) is 6.07 Å². The van der Waals surface area contributed by atoms with Gasteiger partial charge < -0.3 is 19.5 Å². The maximum atomic E-state index is 13.8. The van der Waals surface area contributed by atoms with E-state index in [4.69, 9.17) is 4.43 Å². The Kier molecular flexibility index (Phi) is 9.44. The maximum Gasteiger partial charge on any atom is 0.254 e. The van der Waals surface area contributed by atoms with Gasteiger partial charge in [-0.15, -0.1) is 0 Å². The number of carbonyl (C=O) groups is 1. The summed E-state index contributed by atoms with van der Waals surface area (Å²) in [5.41, 5.74) is 6.26. The van der Waals surface area contributed by atoms with Crippen LogP contribution in [0.1, 0.15) is 66.2 Å². The van der Waals surface area contributed by atoms with Gasteiger partial charge in [-0.1, -0.05) is 39.0 Å². The van der Waals surface area contributed by atoms with Crippen LogP contribution in [0, 0.1) is 31.1 Å². The number of nitrogens with zero attached hydrogens (tertiary/aromatic N) is 3. The first-order valence-corrected chi connectivity index (χ1v) is 17.8. The van der Waals surface area contributed by atoms with Crippen LogP contribution in [-0.4, -0.2) is 64.5 Å². The summed E-state index contributed by atoms with van der Waals surface area (Å²) in [5, 5.41) is 13.2. The van der Waals surface area contributed by atoms with E-state index >= 15 is 0 Å². The molecule has 4 rings (SSSR count). The molecule has 2 aliphatic heterocycles. The number of carbonyl (C=O) groups excluding carboxylic acids is 1. The first kappa shape index (κ1) is 30.3. The van der Waals surface area contributed by atoms with Crippen molar-refractivity contribution < 1.29 is 9.22 Å². The lowest BCUT2D eigenvalue weighted by atomic mass is 9.86. The highest BCUT2D eigenvalue weighted by atomic mass is 28.4. The van der Waals surface area contributed by atoms with Crippen molar-refractivity contribution in [3.63, 3.8) is 0 Å². The molecule has 2 aliphatic rings. The monoisotopic (exact) mass is 560 g/mol. The minimum atomic E-state index is -1.84. The molecule has 1 N–H and O–H groups in total. The highest BCUT2D eigenvalue weighted by Gasteiger charge is 2.38. The molecular weight excluding hydrogens is 512 g/mol. The quantitative estimate of drug-likeness (QED) is 0.416. The molecule has 0 radical (unpaired) electrons. The second-order valence-electron chi connectivity index (χ2n) is 13.3. The molecule has 6 nitrogen and oxygen atoms in total. The van der Waals surface area contributed by atoms with Gasteiger partial charge in [-0.3, -0.25) is 4.79 Å². The minimum absolute atomic E-state index is 0.139. The predicted octanol–water partition coefficient (Wildman–Crippen LogP) is 6.07. The van der Waals surface area contributed by atoms with E-state index in [1.165, 1.54) is 11.1 Å². The van der Waals surface area contributed by atoms with Gasteiger partial charge in [0, 0.05) is 44.3 Å². The normalized spacial score (nSPS) is 19.0. The minimum Gasteiger partial charge on any atom is -0.415 e. The average Bonchev–Trinajstić information content (AvgIpc) is 2.93. The predicted molar refractivity (Wildman–Crippen MR) is 167 cm³/mol. The number of para-hydroxylation sites is 1. The van der Waals surface area contributed by atoms with Gasteiger partial charge in [0.15, 0.2) is 8.32 Å². The third-order valence-electron chi connectivity index (χ3n) is 9.40. The molecule has 0 spiro atoms. The van der Waals surface area contributed by atoms with Crippen molar-refractivity contribution in [1.29, 1.82) is 5.26 Å². The Labute approximate surface area is 242 Å². The zero-order valence-corrected chi connectivity index (χ0v) is 26.6. The van der Waals surface area contributed by atoms with Gasteiger partial charge >= 0.3 is 0 Å². The molecule has 0 saturated carbocycles. The molecule has 0 bridgehead atoms. The number of nitrogens with one attached hydrogen (secondary N) is 1. The smallest absolute Gasteiger partial charge is 0.254 e. The zero-order chi connectivity index (χ0) is 29.1. The van der Waals surface area contributed by atoms with Crippen LogP contribution in [0.15, 0.2) is 36.4 Å². The van der Waals surface area contributed by atoms with Crippen LogP contribution < -0.4 is 10.2 Å². The second kappa shape index (κ2) is 12.5. The zero-order valence-electron chi connectivity index (χ0n) is 25.6. The molecule has 2 heterocycles. The summed E-state index contributed by atoms with van der Waals surface area (Å²) in [4.78, 5) is 18.1. The summed E-state index contributed by atoms with van der Waals surface area (Å²) >= 11 is 0. The summed E-state index contributed by atoms with van der Waals surface area (Å²) in [6.45, 7) is 20.4. The van der Waals surface area contributed by atoms with Crippen molar-refractivity contribution in [2.24, 2.45) is 5.92 Å². The summed E-state index contributed by atoms with van der Waals surface area (Å²) in [5.74, 6) is 0.714. The van der Waals surface area contributed by atoms with Crippen LogP contribution in [0.3, 0.4) is 0 Å². The van der Waals surface area contributed by atoms with Crippen LogP contribution in [0.5, 0.6) is 0 Å². The van der Waals surface area contributed by atoms with E-state index in [1.807, 2.05) is 23.1 Å². The SMILES string of the molecule is Cc1cc(C)c(C(=O)N2CCN[C@@H](CO[Si](C)(C)C(C)(C)C)C2)cc1CC1CCN(c2ccccc2C#N)CC1. The molecule has 1 amide bonds. The number of hydrogen-bond donors (Lipinski definition) is 1. The van der Waals surface area contributed by atoms with E-state index in [0.29, 0.717) is 19.1 Å². The number of piperidine rings is 1. The average molecular weight is 561 g/mol. The number of anilines is 1. The Morgan fingerprint density at radius 1 is 1.10 bits per heavy atom. The maximum absolute atomic E-state index is 13.8. The van der Waals surface area contributed by atoms with Crippen molar-refractivity contribution in [2.75, 3.05) is 44.2 Å². The van der Waals surface area contributed by atoms with Crippen LogP contribution in [0.2, 0.25) is 18.1 Å². The highest BCUT2D eigenvalue weighted by Crippen LogP contribution is 2.36. The second-order valence-corrected chi connectivity index (χ2v) is 18.1. The van der Waals surface area contributed by atoms with Gasteiger partial charge in [0.1, 0.15) is 6.07 Å². The van der Waals surface area contributed by atoms with E-state index in [2.05, 4.69) is 82.2 Å². The van der Waals surface area contributed by atoms with Crippen LogP contribution in [0.4, 0.5) is 5.69 Å². The van der Waals surface area contributed by atoms with Gasteiger partial charge in [-0.05, 0) is 92.0 Å². The number of rotatable bonds is 7. The molecular formula is C33H48N4O2Si. The Hall–Kier alpha value is -2.66. The number of amides is 1. The molecule has 2 aromatic rings. The van der Waals surface area contributed by atoms with Gasteiger partial charge in [0.05, 0.1) is 17.9 Å². The molecule has 216 valence electrons. The fourth-order valence-corrected chi connectivity index (χ4v) is 6.75. The molecule has 7 heteroatoms. The number of hydrogen-bond acceptors (Lipinski definition) is 5. The fourth-order valence-electron chi connectivity index (χ4n) is 5.70. The van der Waals surface area contributed by atoms with Crippen LogP contribution in [0.25, 0.3) is 0 Å². The largest absolute Gasteiger partial charge is 0.415 e. The molecule has 0 unspecified atom stereocenters. The van der Waals surface area contributed by atoms with Crippen molar-refractivity contribution >= 4 is 19.9 Å². The van der Waals surface area contributed by atoms with Gasteiger partial charge in [-0.25, -0.2) is 0 Å². The Balaban J connectivity index is 1.39. The van der Waals surface area contributed by atoms with Gasteiger partial charge in [0.2, 0.25) is 0 Å². The van der Waals surface area contributed by atoms with Crippen molar-refractivity contribution in [3.05, 3.63) is 64.2 Å². The Morgan fingerprint density at radius 2 is 1.80 bits per heavy atom. The summed E-state index contributed by atoms with van der Waals surface area (Å²) in [7, 11) is -1.84. The highest BCUT2D eigenvalue weighted by molar-refractivity contribution is 6.74. The van der Waals surface area contributed by atoms with E-state index < -0.39 is 8.32 Å². The van der Waals surface area contributed by atoms with Gasteiger partial charge in [-0.2, -0.15) is 5.26 Å². The molecule has 40 heavy (non-hydrogen) atoms. The van der Waals surface area contributed by atoms with Crippen molar-refractivity contribution in [1.82, 2.24) is 10.2 Å². The standard InChI is InChI=1S/C33H48N4O2Si/c1-24-18-25(2)30(32(38)37-17-14-35-29(22-37)23-39-40(6,7)33(3,4)5)20-28(24)19-26-12-15-36(16-13-26)31-11-9-8-10-27(31)21-34/h8-11,18,20,26,29,35H,12-17,19,22-23H2,1-7H3/t29-/m1/s1. The lowest BCUT2D eigenvalue weighted by Crippen LogP contribution is -2.56. The number of nitriles is 1. The summed E-state index contributed by atoms with van der Waals surface area (Å²) < 4.78 is 6.48. The molecule has 1 atom stereocenters. The van der Waals surface area contributed by atoms with Gasteiger partial charge in [0.25, 0.3) is 5.91 Å². The number of benzene rings is 2. The number of piperazine rings is 1. The van der Waals surface area contributed by atoms with Crippen molar-refractivity contribution in [2.45, 2.75) is 78.1 Å². The third-order valence-corrected chi connectivity index (χ3v) is 13.9. The topological polar surface area (TPSA) is 68.6 Å². The lowest BCUT2D eigenvalue weighted by Gasteiger charge is -2.39. The fraction of sp³-hybridized carbons (Fsp3) is 0.576. The molecule has 2 fully saturated rings. The van der Waals surface area contributed by atoms with E-state index in [-0.39, 0.29) is 17.0 Å². The summed E-state index contributed by atoms with van der Waals surface area (Å²) in [6.07, 6.45) is 3.17. The lowest BCUT2D eigenvalue weighted by molar-refractivity contribution is 0.0673. The third kappa shape index (κ3) is 6.97. The summed E-state index contributed by atoms with van der Waals surface area (Å²) in [6, 6.07) is 14.8.